The van der Waals surface area contributed by atoms with Gasteiger partial charge >= 0.3 is 0 Å². The zero-order valence-electron chi connectivity index (χ0n) is 18.0. The van der Waals surface area contributed by atoms with Crippen molar-refractivity contribution in [2.45, 2.75) is 38.8 Å². The Kier molecular flexibility index (Phi) is 6.03. The standard InChI is InChI=1S/C24H26N4O3/c1-15(2)30-22-10-7-16(13-17(22)14-25)24-26-23(27-31-24)20-6-4-5-19-18(20)8-9-21(19)28(3)11-12-29/h4-7,10,13,15,21,29H,8-9,11-12H2,1-3H3/t21-/m1/s1. The van der Waals surface area contributed by atoms with Crippen molar-refractivity contribution < 1.29 is 14.4 Å². The van der Waals surface area contributed by atoms with Crippen LogP contribution < -0.4 is 4.74 Å². The molecule has 7 nitrogen and oxygen atoms in total. The average Bonchev–Trinajstić information content (AvgIpc) is 3.41. The average molecular weight is 418 g/mol. The molecule has 1 aliphatic rings. The number of rotatable bonds is 7. The van der Waals surface area contributed by atoms with Gasteiger partial charge in [0.15, 0.2) is 0 Å². The smallest absolute Gasteiger partial charge is 0.258 e. The van der Waals surface area contributed by atoms with Gasteiger partial charge in [-0.2, -0.15) is 10.2 Å². The molecule has 0 saturated carbocycles. The van der Waals surface area contributed by atoms with Crippen LogP contribution in [-0.2, 0) is 6.42 Å². The normalized spacial score (nSPS) is 15.3. The minimum atomic E-state index is -0.0200. The van der Waals surface area contributed by atoms with Gasteiger partial charge < -0.3 is 14.4 Å². The molecule has 0 bridgehead atoms. The van der Waals surface area contributed by atoms with Crippen molar-refractivity contribution in [1.82, 2.24) is 15.0 Å². The number of aliphatic hydroxyl groups is 1. The van der Waals surface area contributed by atoms with Crippen molar-refractivity contribution in [3.8, 4) is 34.7 Å². The lowest BCUT2D eigenvalue weighted by atomic mass is 10.0. The Balaban J connectivity index is 1.65. The summed E-state index contributed by atoms with van der Waals surface area (Å²) in [5.74, 6) is 1.45. The summed E-state index contributed by atoms with van der Waals surface area (Å²) in [6, 6.07) is 13.9. The first-order chi connectivity index (χ1) is 15.0. The number of aliphatic hydroxyl groups excluding tert-OH is 1. The molecular weight excluding hydrogens is 392 g/mol. The molecule has 7 heteroatoms. The lowest BCUT2D eigenvalue weighted by molar-refractivity contribution is 0.180. The molecule has 2 aromatic carbocycles. The van der Waals surface area contributed by atoms with Gasteiger partial charge in [0, 0.05) is 23.7 Å². The lowest BCUT2D eigenvalue weighted by Gasteiger charge is -2.24. The monoisotopic (exact) mass is 418 g/mol. The third-order valence-electron chi connectivity index (χ3n) is 5.60. The fraction of sp³-hybridized carbons (Fsp3) is 0.375. The van der Waals surface area contributed by atoms with Crippen LogP contribution >= 0.6 is 0 Å². The number of ether oxygens (including phenoxy) is 1. The van der Waals surface area contributed by atoms with Crippen LogP contribution in [0.25, 0.3) is 22.8 Å². The summed E-state index contributed by atoms with van der Waals surface area (Å²) < 4.78 is 11.2. The molecule has 0 radical (unpaired) electrons. The number of benzene rings is 2. The summed E-state index contributed by atoms with van der Waals surface area (Å²) >= 11 is 0. The maximum absolute atomic E-state index is 9.48. The number of fused-ring (bicyclic) bond motifs is 1. The molecule has 0 amide bonds. The van der Waals surface area contributed by atoms with Crippen molar-refractivity contribution in [3.05, 3.63) is 53.1 Å². The predicted molar refractivity (Wildman–Crippen MR) is 116 cm³/mol. The predicted octanol–water partition coefficient (Wildman–Crippen LogP) is 3.97. The molecule has 0 spiro atoms. The van der Waals surface area contributed by atoms with Crippen molar-refractivity contribution in [2.24, 2.45) is 0 Å². The second kappa shape index (κ2) is 8.88. The maximum atomic E-state index is 9.48. The van der Waals surface area contributed by atoms with E-state index in [-0.39, 0.29) is 18.8 Å². The highest BCUT2D eigenvalue weighted by atomic mass is 16.5. The van der Waals surface area contributed by atoms with E-state index in [4.69, 9.17) is 9.26 Å². The van der Waals surface area contributed by atoms with Gasteiger partial charge in [-0.25, -0.2) is 0 Å². The highest BCUT2D eigenvalue weighted by Gasteiger charge is 2.29. The summed E-state index contributed by atoms with van der Waals surface area (Å²) in [4.78, 5) is 6.80. The van der Waals surface area contributed by atoms with Crippen LogP contribution in [0.5, 0.6) is 5.75 Å². The van der Waals surface area contributed by atoms with E-state index in [1.165, 1.54) is 11.1 Å². The van der Waals surface area contributed by atoms with Crippen molar-refractivity contribution in [3.63, 3.8) is 0 Å². The molecule has 3 aromatic rings. The van der Waals surface area contributed by atoms with Crippen molar-refractivity contribution in [1.29, 1.82) is 5.26 Å². The number of hydrogen-bond donors (Lipinski definition) is 1. The van der Waals surface area contributed by atoms with Gasteiger partial charge in [0.1, 0.15) is 11.8 Å². The highest BCUT2D eigenvalue weighted by molar-refractivity contribution is 5.67. The fourth-order valence-electron chi connectivity index (χ4n) is 4.17. The zero-order valence-corrected chi connectivity index (χ0v) is 18.0. The first kappa shape index (κ1) is 21.0. The van der Waals surface area contributed by atoms with Gasteiger partial charge in [-0.3, -0.25) is 4.90 Å². The van der Waals surface area contributed by atoms with Gasteiger partial charge in [-0.1, -0.05) is 23.4 Å². The molecule has 1 heterocycles. The Morgan fingerprint density at radius 2 is 2.16 bits per heavy atom. The van der Waals surface area contributed by atoms with E-state index in [1.54, 1.807) is 12.1 Å². The first-order valence-electron chi connectivity index (χ1n) is 10.5. The van der Waals surface area contributed by atoms with Crippen LogP contribution in [0.4, 0.5) is 0 Å². The SMILES string of the molecule is CC(C)Oc1ccc(-c2nc(-c3cccc4c3CC[C@H]4N(C)CCO)no2)cc1C#N. The molecule has 1 aliphatic carbocycles. The lowest BCUT2D eigenvalue weighted by Crippen LogP contribution is -2.26. The van der Waals surface area contributed by atoms with Gasteiger partial charge in [0.2, 0.25) is 5.82 Å². The molecule has 0 fully saturated rings. The van der Waals surface area contributed by atoms with Gasteiger partial charge in [0.25, 0.3) is 5.89 Å². The molecule has 31 heavy (non-hydrogen) atoms. The van der Waals surface area contributed by atoms with E-state index >= 15 is 0 Å². The Morgan fingerprint density at radius 3 is 2.90 bits per heavy atom. The molecule has 1 N–H and O–H groups in total. The molecule has 4 rings (SSSR count). The van der Waals surface area contributed by atoms with Gasteiger partial charge in [-0.15, -0.1) is 0 Å². The third kappa shape index (κ3) is 4.18. The topological polar surface area (TPSA) is 95.4 Å². The first-order valence-corrected chi connectivity index (χ1v) is 10.5. The molecule has 160 valence electrons. The summed E-state index contributed by atoms with van der Waals surface area (Å²) in [5, 5.41) is 23.0. The van der Waals surface area contributed by atoms with Crippen LogP contribution in [0.3, 0.4) is 0 Å². The van der Waals surface area contributed by atoms with Crippen LogP contribution in [0.1, 0.15) is 43.0 Å². The van der Waals surface area contributed by atoms with Crippen molar-refractivity contribution >= 4 is 0 Å². The molecule has 0 saturated heterocycles. The minimum Gasteiger partial charge on any atom is -0.490 e. The number of hydrogen-bond acceptors (Lipinski definition) is 7. The second-order valence-electron chi connectivity index (χ2n) is 8.04. The number of nitriles is 1. The fourth-order valence-corrected chi connectivity index (χ4v) is 4.17. The van der Waals surface area contributed by atoms with E-state index < -0.39 is 0 Å². The summed E-state index contributed by atoms with van der Waals surface area (Å²) in [6.07, 6.45) is 1.90. The van der Waals surface area contributed by atoms with Crippen LogP contribution in [0.15, 0.2) is 40.9 Å². The third-order valence-corrected chi connectivity index (χ3v) is 5.60. The molecule has 1 aromatic heterocycles. The van der Waals surface area contributed by atoms with Gasteiger partial charge in [0.05, 0.1) is 18.3 Å². The Hall–Kier alpha value is -3.21. The van der Waals surface area contributed by atoms with E-state index in [0.717, 1.165) is 18.4 Å². The van der Waals surface area contributed by atoms with Crippen molar-refractivity contribution in [2.75, 3.05) is 20.2 Å². The molecule has 0 aliphatic heterocycles. The van der Waals surface area contributed by atoms with E-state index in [1.807, 2.05) is 39.1 Å². The Bertz CT molecular complexity index is 1120. The quantitative estimate of drug-likeness (QED) is 0.620. The van der Waals surface area contributed by atoms with Crippen LogP contribution in [-0.4, -0.2) is 46.5 Å². The van der Waals surface area contributed by atoms with Gasteiger partial charge in [-0.05, 0) is 63.1 Å². The molecular formula is C24H26N4O3. The number of nitrogens with zero attached hydrogens (tertiary/aromatic N) is 4. The molecule has 1 atom stereocenters. The number of likely N-dealkylation sites (N-methyl/N-ethyl adjacent to an activating group) is 1. The Morgan fingerprint density at radius 1 is 1.32 bits per heavy atom. The second-order valence-corrected chi connectivity index (χ2v) is 8.04. The van der Waals surface area contributed by atoms with E-state index in [0.29, 0.717) is 35.1 Å². The van der Waals surface area contributed by atoms with E-state index in [2.05, 4.69) is 27.2 Å². The molecule has 0 unspecified atom stereocenters. The summed E-state index contributed by atoms with van der Waals surface area (Å²) in [6.45, 7) is 4.62. The zero-order chi connectivity index (χ0) is 22.0. The summed E-state index contributed by atoms with van der Waals surface area (Å²) in [5.41, 5.74) is 4.55. The minimum absolute atomic E-state index is 0.0200. The highest BCUT2D eigenvalue weighted by Crippen LogP contribution is 2.40. The Labute approximate surface area is 181 Å². The number of aromatic nitrogens is 2. The summed E-state index contributed by atoms with van der Waals surface area (Å²) in [7, 11) is 2.04. The maximum Gasteiger partial charge on any atom is 0.258 e. The van der Waals surface area contributed by atoms with Crippen LogP contribution in [0.2, 0.25) is 0 Å². The van der Waals surface area contributed by atoms with Crippen LogP contribution in [0, 0.1) is 11.3 Å². The van der Waals surface area contributed by atoms with E-state index in [9.17, 15) is 10.4 Å². The largest absolute Gasteiger partial charge is 0.490 e.